The van der Waals surface area contributed by atoms with E-state index in [1.807, 2.05) is 91.0 Å². The molecule has 36 heavy (non-hydrogen) atoms. The average Bonchev–Trinajstić information content (AvgIpc) is 2.91. The fourth-order valence-electron chi connectivity index (χ4n) is 3.41. The van der Waals surface area contributed by atoms with E-state index in [4.69, 9.17) is 21.1 Å². The summed E-state index contributed by atoms with van der Waals surface area (Å²) in [6.45, 7) is 0.185. The Morgan fingerprint density at radius 2 is 1.56 bits per heavy atom. The Morgan fingerprint density at radius 1 is 0.833 bits per heavy atom. The first-order chi connectivity index (χ1) is 17.6. The Hall–Kier alpha value is -4.36. The molecule has 0 aliphatic rings. The highest BCUT2D eigenvalue weighted by molar-refractivity contribution is 6.30. The van der Waals surface area contributed by atoms with E-state index < -0.39 is 12.0 Å². The van der Waals surface area contributed by atoms with Crippen molar-refractivity contribution in [2.24, 2.45) is 5.10 Å². The second kappa shape index (κ2) is 12.4. The lowest BCUT2D eigenvalue weighted by Crippen LogP contribution is -2.35. The monoisotopic (exact) mass is 501 g/mol. The van der Waals surface area contributed by atoms with Gasteiger partial charge in [-0.05, 0) is 40.1 Å². The molecule has 0 aromatic heterocycles. The molecule has 7 nitrogen and oxygen atoms in total. The maximum absolute atomic E-state index is 12.2. The molecule has 2 amide bonds. The van der Waals surface area contributed by atoms with E-state index in [1.165, 1.54) is 6.21 Å². The van der Waals surface area contributed by atoms with Crippen molar-refractivity contribution < 1.29 is 19.1 Å². The number of carbonyl (C=O) groups excluding carboxylic acids is 2. The van der Waals surface area contributed by atoms with Gasteiger partial charge in [-0.3, -0.25) is 4.79 Å². The molecule has 0 atom stereocenters. The molecule has 8 heteroatoms. The smallest absolute Gasteiger partial charge is 0.407 e. The Morgan fingerprint density at radius 3 is 2.36 bits per heavy atom. The van der Waals surface area contributed by atoms with E-state index in [9.17, 15) is 9.59 Å². The van der Waals surface area contributed by atoms with Crippen molar-refractivity contribution in [1.29, 1.82) is 0 Å². The van der Waals surface area contributed by atoms with Gasteiger partial charge in [0.15, 0.2) is 0 Å². The molecule has 0 heterocycles. The SMILES string of the molecule is O=C(CNC(=O)OCc1ccccc1)N/N=C/c1c(OCc2ccc(Cl)cc2)ccc2ccccc12. The summed E-state index contributed by atoms with van der Waals surface area (Å²) >= 11 is 5.96. The van der Waals surface area contributed by atoms with Crippen LogP contribution in [0.15, 0.2) is 96.1 Å². The standard InChI is InChI=1S/C28H24ClN3O4/c29-23-13-10-21(11-14-23)18-35-26-15-12-22-8-4-5-9-24(22)25(26)16-31-32-27(33)17-30-28(34)36-19-20-6-2-1-3-7-20/h1-16H,17-19H2,(H,30,34)(H,32,33)/b31-16+. The van der Waals surface area contributed by atoms with Crippen LogP contribution in [-0.4, -0.2) is 24.8 Å². The number of halogens is 1. The number of ether oxygens (including phenoxy) is 2. The summed E-state index contributed by atoms with van der Waals surface area (Å²) in [4.78, 5) is 24.0. The van der Waals surface area contributed by atoms with Gasteiger partial charge in [-0.2, -0.15) is 5.10 Å². The number of benzene rings is 4. The number of hydrazone groups is 1. The number of nitrogens with zero attached hydrogens (tertiary/aromatic N) is 1. The molecular formula is C28H24ClN3O4. The Kier molecular flexibility index (Phi) is 8.51. The number of rotatable bonds is 9. The van der Waals surface area contributed by atoms with Gasteiger partial charge >= 0.3 is 6.09 Å². The van der Waals surface area contributed by atoms with Crippen LogP contribution in [0.3, 0.4) is 0 Å². The van der Waals surface area contributed by atoms with Gasteiger partial charge < -0.3 is 14.8 Å². The van der Waals surface area contributed by atoms with E-state index in [2.05, 4.69) is 15.8 Å². The average molecular weight is 502 g/mol. The zero-order chi connectivity index (χ0) is 25.2. The Labute approximate surface area is 213 Å². The van der Waals surface area contributed by atoms with Gasteiger partial charge in [0, 0.05) is 10.6 Å². The predicted molar refractivity (Wildman–Crippen MR) is 140 cm³/mol. The maximum atomic E-state index is 12.2. The second-order valence-corrected chi connectivity index (χ2v) is 8.26. The van der Waals surface area contributed by atoms with Crippen LogP contribution in [0.4, 0.5) is 4.79 Å². The fourth-order valence-corrected chi connectivity index (χ4v) is 3.54. The lowest BCUT2D eigenvalue weighted by Gasteiger charge is -2.12. The van der Waals surface area contributed by atoms with E-state index in [0.717, 1.165) is 27.5 Å². The van der Waals surface area contributed by atoms with Crippen molar-refractivity contribution in [3.8, 4) is 5.75 Å². The summed E-state index contributed by atoms with van der Waals surface area (Å²) in [6, 6.07) is 28.3. The Bertz CT molecular complexity index is 1360. The molecule has 4 aromatic rings. The van der Waals surface area contributed by atoms with E-state index in [0.29, 0.717) is 17.4 Å². The molecule has 0 radical (unpaired) electrons. The van der Waals surface area contributed by atoms with E-state index in [-0.39, 0.29) is 13.2 Å². The van der Waals surface area contributed by atoms with Crippen LogP contribution in [-0.2, 0) is 22.7 Å². The van der Waals surface area contributed by atoms with Crippen molar-refractivity contribution in [1.82, 2.24) is 10.7 Å². The van der Waals surface area contributed by atoms with Crippen LogP contribution < -0.4 is 15.5 Å². The number of hydrogen-bond donors (Lipinski definition) is 2. The topological polar surface area (TPSA) is 89.0 Å². The van der Waals surface area contributed by atoms with Gasteiger partial charge in [0.05, 0.1) is 6.21 Å². The second-order valence-electron chi connectivity index (χ2n) is 7.82. The minimum Gasteiger partial charge on any atom is -0.488 e. The van der Waals surface area contributed by atoms with Gasteiger partial charge in [-0.25, -0.2) is 10.2 Å². The maximum Gasteiger partial charge on any atom is 0.407 e. The number of alkyl carbamates (subject to hydrolysis) is 1. The van der Waals surface area contributed by atoms with Gasteiger partial charge in [0.1, 0.15) is 25.5 Å². The van der Waals surface area contributed by atoms with Crippen molar-refractivity contribution >= 4 is 40.6 Å². The summed E-state index contributed by atoms with van der Waals surface area (Å²) in [5, 5.41) is 9.07. The molecule has 0 fully saturated rings. The number of fused-ring (bicyclic) bond motifs is 1. The number of hydrogen-bond acceptors (Lipinski definition) is 5. The first kappa shape index (κ1) is 24.8. The highest BCUT2D eigenvalue weighted by atomic mass is 35.5. The molecule has 2 N–H and O–H groups in total. The van der Waals surface area contributed by atoms with Gasteiger partial charge in [-0.15, -0.1) is 0 Å². The molecule has 0 saturated heterocycles. The molecule has 0 saturated carbocycles. The van der Waals surface area contributed by atoms with E-state index in [1.54, 1.807) is 0 Å². The van der Waals surface area contributed by atoms with Gasteiger partial charge in [-0.1, -0.05) is 84.4 Å². The van der Waals surface area contributed by atoms with Crippen LogP contribution in [0.1, 0.15) is 16.7 Å². The lowest BCUT2D eigenvalue weighted by molar-refractivity contribution is -0.120. The van der Waals surface area contributed by atoms with Crippen LogP contribution >= 0.6 is 11.6 Å². The first-order valence-electron chi connectivity index (χ1n) is 11.2. The third-order valence-electron chi connectivity index (χ3n) is 5.23. The number of nitrogens with one attached hydrogen (secondary N) is 2. The van der Waals surface area contributed by atoms with E-state index >= 15 is 0 Å². The fraction of sp³-hybridized carbons (Fsp3) is 0.107. The van der Waals surface area contributed by atoms with Crippen LogP contribution in [0.25, 0.3) is 10.8 Å². The first-order valence-corrected chi connectivity index (χ1v) is 11.6. The van der Waals surface area contributed by atoms with Crippen LogP contribution in [0.5, 0.6) is 5.75 Å². The van der Waals surface area contributed by atoms with Crippen molar-refractivity contribution in [2.45, 2.75) is 13.2 Å². The predicted octanol–water partition coefficient (Wildman–Crippen LogP) is 5.45. The third kappa shape index (κ3) is 7.07. The molecule has 0 bridgehead atoms. The normalized spacial score (nSPS) is 10.8. The Balaban J connectivity index is 1.35. The van der Waals surface area contributed by atoms with Crippen LogP contribution in [0, 0.1) is 0 Å². The molecule has 0 aliphatic heterocycles. The zero-order valence-corrected chi connectivity index (χ0v) is 20.1. The van der Waals surface area contributed by atoms with Crippen molar-refractivity contribution in [3.05, 3.63) is 113 Å². The van der Waals surface area contributed by atoms with Crippen LogP contribution in [0.2, 0.25) is 5.02 Å². The minimum absolute atomic E-state index is 0.117. The summed E-state index contributed by atoms with van der Waals surface area (Å²) in [5.41, 5.74) is 4.96. The largest absolute Gasteiger partial charge is 0.488 e. The number of carbonyl (C=O) groups is 2. The summed E-state index contributed by atoms with van der Waals surface area (Å²) in [7, 11) is 0. The van der Waals surface area contributed by atoms with Gasteiger partial charge in [0.2, 0.25) is 0 Å². The van der Waals surface area contributed by atoms with Crippen molar-refractivity contribution in [3.63, 3.8) is 0 Å². The zero-order valence-electron chi connectivity index (χ0n) is 19.3. The molecule has 4 rings (SSSR count). The molecular weight excluding hydrogens is 478 g/mol. The minimum atomic E-state index is -0.690. The molecule has 4 aromatic carbocycles. The molecule has 0 spiro atoms. The highest BCUT2D eigenvalue weighted by Gasteiger charge is 2.09. The van der Waals surface area contributed by atoms with Crippen molar-refractivity contribution in [2.75, 3.05) is 6.54 Å². The number of amides is 2. The summed E-state index contributed by atoms with van der Waals surface area (Å²) in [6.07, 6.45) is 0.843. The molecule has 0 unspecified atom stereocenters. The van der Waals surface area contributed by atoms with Gasteiger partial charge in [0.25, 0.3) is 5.91 Å². The summed E-state index contributed by atoms with van der Waals surface area (Å²) in [5.74, 6) is 0.121. The lowest BCUT2D eigenvalue weighted by atomic mass is 10.0. The molecule has 182 valence electrons. The highest BCUT2D eigenvalue weighted by Crippen LogP contribution is 2.27. The molecule has 0 aliphatic carbocycles. The summed E-state index contributed by atoms with van der Waals surface area (Å²) < 4.78 is 11.1. The third-order valence-corrected chi connectivity index (χ3v) is 5.48. The quantitative estimate of drug-likeness (QED) is 0.236.